The van der Waals surface area contributed by atoms with Crippen molar-refractivity contribution in [1.29, 1.82) is 0 Å². The maximum atomic E-state index is 11.8. The number of aliphatic hydroxyl groups is 3. The van der Waals surface area contributed by atoms with Crippen molar-refractivity contribution >= 4 is 34.6 Å². The van der Waals surface area contributed by atoms with E-state index in [9.17, 15) is 29.7 Å². The minimum absolute atomic E-state index is 0. The summed E-state index contributed by atoms with van der Waals surface area (Å²) in [6.07, 6.45) is 3.72. The van der Waals surface area contributed by atoms with E-state index in [0.29, 0.717) is 33.4 Å². The molecule has 0 aliphatic heterocycles. The van der Waals surface area contributed by atoms with Crippen LogP contribution in [0.25, 0.3) is 17.3 Å². The van der Waals surface area contributed by atoms with Crippen molar-refractivity contribution in [3.63, 3.8) is 0 Å². The molecule has 6 nitrogen and oxygen atoms in total. The number of carbonyl (C=O) groups is 3. The SMILES string of the molecule is O=C(/C=C(/O)c1ccccc1)c1ccccc1.O=C(/C=C(/O)c1ccccc1)c1ccccc1.O=C(/C=C(/O)c1ccccc1)c1ccccc1.[Fe]. The predicted molar refractivity (Wildman–Crippen MR) is 203 cm³/mol. The minimum atomic E-state index is -0.202. The van der Waals surface area contributed by atoms with Gasteiger partial charge in [0.15, 0.2) is 17.3 Å². The van der Waals surface area contributed by atoms with E-state index >= 15 is 0 Å². The molecule has 0 unspecified atom stereocenters. The molecule has 0 aliphatic carbocycles. The van der Waals surface area contributed by atoms with Crippen LogP contribution in [0, 0.1) is 0 Å². The fourth-order valence-corrected chi connectivity index (χ4v) is 4.51. The maximum Gasteiger partial charge on any atom is 0.189 e. The van der Waals surface area contributed by atoms with Crippen molar-refractivity contribution in [2.75, 3.05) is 0 Å². The van der Waals surface area contributed by atoms with Gasteiger partial charge in [-0.15, -0.1) is 0 Å². The van der Waals surface area contributed by atoms with Gasteiger partial charge in [-0.05, 0) is 0 Å². The Kier molecular flexibility index (Phi) is 16.5. The Hall–Kier alpha value is -6.53. The molecule has 0 bridgehead atoms. The van der Waals surface area contributed by atoms with Crippen LogP contribution in [-0.4, -0.2) is 32.7 Å². The summed E-state index contributed by atoms with van der Waals surface area (Å²) in [4.78, 5) is 35.4. The van der Waals surface area contributed by atoms with Crippen molar-refractivity contribution in [3.8, 4) is 0 Å². The molecule has 0 aromatic heterocycles. The second kappa shape index (κ2) is 21.5. The Morgan fingerprint density at radius 1 is 0.288 bits per heavy atom. The van der Waals surface area contributed by atoms with Gasteiger partial charge >= 0.3 is 0 Å². The zero-order valence-electron chi connectivity index (χ0n) is 28.0. The molecule has 6 aromatic rings. The fourth-order valence-electron chi connectivity index (χ4n) is 4.51. The van der Waals surface area contributed by atoms with Crippen LogP contribution in [0.4, 0.5) is 0 Å². The number of carbonyl (C=O) groups excluding carboxylic acids is 3. The van der Waals surface area contributed by atoms with Gasteiger partial charge in [0.25, 0.3) is 0 Å². The molecule has 0 spiro atoms. The Bertz CT molecular complexity index is 1830. The van der Waals surface area contributed by atoms with Crippen molar-refractivity contribution < 1.29 is 46.8 Å². The van der Waals surface area contributed by atoms with Crippen LogP contribution in [0.2, 0.25) is 0 Å². The molecule has 52 heavy (non-hydrogen) atoms. The van der Waals surface area contributed by atoms with Gasteiger partial charge in [0, 0.05) is 68.7 Å². The third kappa shape index (κ3) is 13.1. The van der Waals surface area contributed by atoms with Gasteiger partial charge in [0.1, 0.15) is 17.3 Å². The minimum Gasteiger partial charge on any atom is -0.507 e. The molecule has 6 aromatic carbocycles. The first-order valence-electron chi connectivity index (χ1n) is 16.0. The second-order valence-corrected chi connectivity index (χ2v) is 10.9. The fraction of sp³-hybridized carbons (Fsp3) is 0. The maximum absolute atomic E-state index is 11.8. The largest absolute Gasteiger partial charge is 0.507 e. The van der Waals surface area contributed by atoms with Crippen LogP contribution in [-0.2, 0) is 17.1 Å². The zero-order chi connectivity index (χ0) is 36.3. The van der Waals surface area contributed by atoms with Gasteiger partial charge in [-0.2, -0.15) is 0 Å². The monoisotopic (exact) mass is 728 g/mol. The van der Waals surface area contributed by atoms with E-state index < -0.39 is 0 Å². The van der Waals surface area contributed by atoms with E-state index in [0.717, 1.165) is 0 Å². The second-order valence-electron chi connectivity index (χ2n) is 10.9. The van der Waals surface area contributed by atoms with Crippen molar-refractivity contribution in [2.45, 2.75) is 0 Å². The molecule has 7 heteroatoms. The van der Waals surface area contributed by atoms with Crippen LogP contribution in [0.1, 0.15) is 47.8 Å². The number of benzene rings is 6. The van der Waals surface area contributed by atoms with Crippen molar-refractivity contribution in [2.24, 2.45) is 0 Å². The number of hydrogen-bond acceptors (Lipinski definition) is 6. The Morgan fingerprint density at radius 2 is 0.442 bits per heavy atom. The number of allylic oxidation sites excluding steroid dienone is 3. The first kappa shape index (κ1) is 39.9. The first-order valence-corrected chi connectivity index (χ1v) is 16.0. The predicted octanol–water partition coefficient (Wildman–Crippen LogP) is 10.4. The summed E-state index contributed by atoms with van der Waals surface area (Å²) in [5.74, 6) is -0.649. The first-order chi connectivity index (χ1) is 24.8. The molecule has 3 N–H and O–H groups in total. The quantitative estimate of drug-likeness (QED) is 0.0591. The topological polar surface area (TPSA) is 112 Å². The van der Waals surface area contributed by atoms with E-state index in [4.69, 9.17) is 0 Å². The van der Waals surface area contributed by atoms with Gasteiger partial charge in [-0.25, -0.2) is 0 Å². The van der Waals surface area contributed by atoms with E-state index in [2.05, 4.69) is 0 Å². The molecule has 0 radical (unpaired) electrons. The van der Waals surface area contributed by atoms with Gasteiger partial charge in [-0.1, -0.05) is 182 Å². The average molecular weight is 729 g/mol. The van der Waals surface area contributed by atoms with Crippen LogP contribution in [0.5, 0.6) is 0 Å². The van der Waals surface area contributed by atoms with Crippen LogP contribution < -0.4 is 0 Å². The Labute approximate surface area is 313 Å². The molecule has 6 rings (SSSR count). The third-order valence-corrected chi connectivity index (χ3v) is 7.19. The number of aliphatic hydroxyl groups excluding tert-OH is 3. The third-order valence-electron chi connectivity index (χ3n) is 7.19. The molecule has 0 amide bonds. The van der Waals surface area contributed by atoms with E-state index in [1.807, 2.05) is 72.8 Å². The van der Waals surface area contributed by atoms with Crippen LogP contribution in [0.3, 0.4) is 0 Å². The molecule has 0 saturated heterocycles. The molecule has 0 atom stereocenters. The smallest absolute Gasteiger partial charge is 0.189 e. The van der Waals surface area contributed by atoms with Crippen LogP contribution >= 0.6 is 0 Å². The van der Waals surface area contributed by atoms with E-state index in [1.165, 1.54) is 18.2 Å². The summed E-state index contributed by atoms with van der Waals surface area (Å²) < 4.78 is 0. The van der Waals surface area contributed by atoms with E-state index in [1.54, 1.807) is 109 Å². The summed E-state index contributed by atoms with van der Waals surface area (Å²) in [5.41, 5.74) is 3.60. The van der Waals surface area contributed by atoms with Gasteiger partial charge < -0.3 is 15.3 Å². The molecular weight excluding hydrogens is 692 g/mol. The number of ketones is 3. The van der Waals surface area contributed by atoms with E-state index in [-0.39, 0.29) is 51.7 Å². The summed E-state index contributed by atoms with van der Waals surface area (Å²) in [6.45, 7) is 0. The summed E-state index contributed by atoms with van der Waals surface area (Å²) in [7, 11) is 0. The van der Waals surface area contributed by atoms with Gasteiger partial charge in [0.2, 0.25) is 0 Å². The standard InChI is InChI=1S/3C15H12O2.Fe/c3*16-14(12-7-3-1-4-8-12)11-15(17)13-9-5-2-6-10-13;/h3*1-11,16H;/b3*14-11+;. The molecule has 0 saturated carbocycles. The number of rotatable bonds is 9. The summed E-state index contributed by atoms with van der Waals surface area (Å²) >= 11 is 0. The van der Waals surface area contributed by atoms with Crippen molar-refractivity contribution in [3.05, 3.63) is 234 Å². The van der Waals surface area contributed by atoms with Crippen LogP contribution in [0.15, 0.2) is 200 Å². The normalized spacial score (nSPS) is 11.0. The molecular formula is C45H36FeO6. The molecule has 260 valence electrons. The molecule has 0 heterocycles. The molecule has 0 fully saturated rings. The average Bonchev–Trinajstić information content (AvgIpc) is 3.20. The van der Waals surface area contributed by atoms with Gasteiger partial charge in [-0.3, -0.25) is 14.4 Å². The number of hydrogen-bond donors (Lipinski definition) is 3. The van der Waals surface area contributed by atoms with Gasteiger partial charge in [0.05, 0.1) is 0 Å². The van der Waals surface area contributed by atoms with Crippen molar-refractivity contribution in [1.82, 2.24) is 0 Å². The Morgan fingerprint density at radius 3 is 0.615 bits per heavy atom. The Balaban J connectivity index is 0.000000208. The summed E-state index contributed by atoms with van der Waals surface area (Å²) in [6, 6.07) is 53.6. The summed E-state index contributed by atoms with van der Waals surface area (Å²) in [5, 5.41) is 29.4. The molecule has 0 aliphatic rings. The zero-order valence-corrected chi connectivity index (χ0v) is 29.1.